The van der Waals surface area contributed by atoms with E-state index in [1.165, 1.54) is 26.4 Å². The minimum atomic E-state index is -1.72. The number of carbonyl (C=O) groups is 14. The maximum Gasteiger partial charge on any atom is 0.325 e. The van der Waals surface area contributed by atoms with Crippen LogP contribution >= 0.6 is 0 Å². The molecule has 1 aromatic heterocycles. The third-order valence-corrected chi connectivity index (χ3v) is 12.6. The first-order valence-corrected chi connectivity index (χ1v) is 28.6. The zero-order valence-corrected chi connectivity index (χ0v) is 50.9. The van der Waals surface area contributed by atoms with Gasteiger partial charge in [0.25, 0.3) is 0 Å². The van der Waals surface area contributed by atoms with Crippen molar-refractivity contribution >= 4 is 101 Å². The minimum Gasteiger partial charge on any atom is -0.480 e. The van der Waals surface area contributed by atoms with Crippen molar-refractivity contribution in [2.45, 2.75) is 139 Å². The number of carboxylic acid groups (broad SMARTS) is 1. The molecule has 0 aliphatic carbocycles. The summed E-state index contributed by atoms with van der Waals surface area (Å²) in [5.74, 6) is -13.6. The molecular formula is C50H88N26O16. The Labute approximate surface area is 526 Å². The van der Waals surface area contributed by atoms with Crippen LogP contribution in [0, 0.1) is 0 Å². The van der Waals surface area contributed by atoms with Crippen LogP contribution < -0.4 is 115 Å². The van der Waals surface area contributed by atoms with E-state index in [0.29, 0.717) is 5.69 Å². The summed E-state index contributed by atoms with van der Waals surface area (Å²) >= 11 is 0. The topological polar surface area (TPSA) is 724 Å². The Bertz CT molecular complexity index is 2760. The van der Waals surface area contributed by atoms with Gasteiger partial charge >= 0.3 is 12.0 Å². The number of carboxylic acids is 1. The number of primary amides is 2. The SMILES string of the molecule is C[C@H](NC(=O)[C@H](C)NC(=O)[C@H](CCCN=C(N)N)NC(=O)[C@H](CO)NC(=O)CNC(=O)CNC(=O)[C@H](CCCNC(N)=O)NC(=O)CNC(=O)[C@H](CCCN=C(N)N)NC(=O)[C@H](CCCN=C(N)N)NC(=O)[C@H](CCC(N)=O)NC(=O)[C@@H](N)Cc1cnc[nH]1)C(=O)O. The Morgan fingerprint density at radius 1 is 0.478 bits per heavy atom. The van der Waals surface area contributed by atoms with Crippen LogP contribution in [0.4, 0.5) is 4.79 Å². The van der Waals surface area contributed by atoms with Gasteiger partial charge in [-0.15, -0.1) is 0 Å². The average molecular weight is 1310 g/mol. The van der Waals surface area contributed by atoms with Gasteiger partial charge in [-0.2, -0.15) is 0 Å². The summed E-state index contributed by atoms with van der Waals surface area (Å²) in [7, 11) is 0. The largest absolute Gasteiger partial charge is 0.480 e. The summed E-state index contributed by atoms with van der Waals surface area (Å²) in [5.41, 5.74) is 49.6. The highest BCUT2D eigenvalue weighted by Crippen LogP contribution is 2.08. The van der Waals surface area contributed by atoms with Gasteiger partial charge in [-0.05, 0) is 71.6 Å². The van der Waals surface area contributed by atoms with Crippen molar-refractivity contribution in [3.8, 4) is 0 Å². The summed E-state index contributed by atoms with van der Waals surface area (Å²) in [4.78, 5) is 199. The summed E-state index contributed by atoms with van der Waals surface area (Å²) in [6.07, 6.45) is 1.63. The fourth-order valence-electron chi connectivity index (χ4n) is 7.77. The number of carbonyl (C=O) groups excluding carboxylic acids is 13. The van der Waals surface area contributed by atoms with Gasteiger partial charge in [0.15, 0.2) is 17.9 Å². The van der Waals surface area contributed by atoms with Crippen LogP contribution in [0.25, 0.3) is 0 Å². The smallest absolute Gasteiger partial charge is 0.325 e. The van der Waals surface area contributed by atoms with E-state index in [9.17, 15) is 72.2 Å². The zero-order valence-electron chi connectivity index (χ0n) is 50.9. The highest BCUT2D eigenvalue weighted by atomic mass is 16.4. The molecule has 0 saturated heterocycles. The second kappa shape index (κ2) is 43.1. The molecule has 42 heteroatoms. The number of imidazole rings is 1. The van der Waals surface area contributed by atoms with Gasteiger partial charge in [0, 0.05) is 50.9 Å². The van der Waals surface area contributed by atoms with Gasteiger partial charge in [-0.25, -0.2) is 9.78 Å². The molecule has 0 fully saturated rings. The predicted molar refractivity (Wildman–Crippen MR) is 326 cm³/mol. The van der Waals surface area contributed by atoms with Crippen molar-refractivity contribution < 1.29 is 77.3 Å². The van der Waals surface area contributed by atoms with E-state index < -0.39 is 164 Å². The normalized spacial score (nSPS) is 13.6. The van der Waals surface area contributed by atoms with E-state index in [-0.39, 0.29) is 115 Å². The van der Waals surface area contributed by atoms with Crippen LogP contribution in [-0.2, 0) is 68.7 Å². The van der Waals surface area contributed by atoms with Gasteiger partial charge < -0.3 is 131 Å². The molecule has 14 amide bonds. The quantitative estimate of drug-likeness (QED) is 0.0164. The zero-order chi connectivity index (χ0) is 69.5. The first-order chi connectivity index (χ1) is 43.3. The fraction of sp³-hybridized carbons (Fsp3) is 0.600. The van der Waals surface area contributed by atoms with E-state index in [4.69, 9.17) is 56.7 Å². The number of aliphatic hydroxyl groups excluding tert-OH is 1. The van der Waals surface area contributed by atoms with Crippen molar-refractivity contribution in [1.29, 1.82) is 0 Å². The number of aromatic amines is 1. The molecule has 1 rings (SSSR count). The number of aliphatic imine (C=N–C) groups is 3. The molecule has 0 radical (unpaired) electrons. The van der Waals surface area contributed by atoms with Crippen LogP contribution in [-0.4, -0.2) is 228 Å². The van der Waals surface area contributed by atoms with Gasteiger partial charge in [0.05, 0.1) is 38.6 Å². The van der Waals surface area contributed by atoms with Crippen LogP contribution in [0.1, 0.15) is 83.7 Å². The lowest BCUT2D eigenvalue weighted by molar-refractivity contribution is -0.141. The standard InChI is InChI=1S/C50H88N26O16/c1-24(38(82)70-25(2)46(90)91)69-42(86)30(9-4-14-62-48(55)56)76-45(89)33(22-77)72-36(80)20-65-35(79)19-66-40(84)28(7-6-16-64-50(59)92)71-37(81)21-67-41(85)29(8-3-13-61-47(53)54)74-43(87)31(10-5-15-63-49(57)58)75-44(88)32(11-12-34(52)78)73-39(83)27(51)17-26-18-60-23-68-26/h18,23-25,27-33,77H,3-17,19-22,51H2,1-2H3,(H2,52,78)(H,60,68)(H,65,79)(H,66,84)(H,67,85)(H,69,86)(H,70,82)(H,71,81)(H,72,80)(H,73,83)(H,74,87)(H,75,88)(H,76,89)(H,90,91)(H4,53,54,61)(H4,55,56,62)(H4,57,58,63)(H3,59,64,92)/t24-,25-,27-,28-,29-,30-,31-,32-,33-/m0/s1. The van der Waals surface area contributed by atoms with Gasteiger partial charge in [0.2, 0.25) is 70.9 Å². The average Bonchev–Trinajstić information content (AvgIpc) is 1.91. The highest BCUT2D eigenvalue weighted by molar-refractivity contribution is 5.98. The number of amides is 14. The van der Waals surface area contributed by atoms with Crippen molar-refractivity contribution in [3.63, 3.8) is 0 Å². The number of aliphatic hydroxyl groups is 1. The molecule has 9 atom stereocenters. The first kappa shape index (κ1) is 79.3. The molecule has 0 unspecified atom stereocenters. The van der Waals surface area contributed by atoms with E-state index in [2.05, 4.69) is 88.7 Å². The number of rotatable bonds is 45. The second-order valence-corrected chi connectivity index (χ2v) is 20.4. The number of nitrogens with two attached hydrogens (primary N) is 9. The van der Waals surface area contributed by atoms with Gasteiger partial charge in [-0.1, -0.05) is 0 Å². The number of aliphatic carboxylic acids is 1. The lowest BCUT2D eigenvalue weighted by Gasteiger charge is -2.26. The van der Waals surface area contributed by atoms with Gasteiger partial charge in [-0.3, -0.25) is 77.3 Å². The van der Waals surface area contributed by atoms with Crippen LogP contribution in [0.5, 0.6) is 0 Å². The lowest BCUT2D eigenvalue weighted by atomic mass is 10.0. The third-order valence-electron chi connectivity index (χ3n) is 12.6. The van der Waals surface area contributed by atoms with Crippen LogP contribution in [0.2, 0.25) is 0 Å². The number of nitrogens with zero attached hydrogens (tertiary/aromatic N) is 4. The van der Waals surface area contributed by atoms with Crippen molar-refractivity contribution in [2.24, 2.45) is 66.6 Å². The highest BCUT2D eigenvalue weighted by Gasteiger charge is 2.33. The van der Waals surface area contributed by atoms with E-state index in [1.807, 2.05) is 0 Å². The number of hydrogen-bond acceptors (Lipinski definition) is 20. The number of H-pyrrole nitrogens is 1. The van der Waals surface area contributed by atoms with Crippen LogP contribution in [0.15, 0.2) is 27.5 Å². The molecular weight excluding hydrogens is 1220 g/mol. The fourth-order valence-corrected chi connectivity index (χ4v) is 7.77. The van der Waals surface area contributed by atoms with Crippen molar-refractivity contribution in [1.82, 2.24) is 73.8 Å². The molecule has 1 heterocycles. The molecule has 1 aromatic rings. The van der Waals surface area contributed by atoms with E-state index in [1.54, 1.807) is 0 Å². The van der Waals surface area contributed by atoms with E-state index >= 15 is 0 Å². The van der Waals surface area contributed by atoms with Crippen LogP contribution in [0.3, 0.4) is 0 Å². The molecule has 514 valence electrons. The monoisotopic (exact) mass is 1310 g/mol. The molecule has 0 aliphatic rings. The molecule has 0 bridgehead atoms. The van der Waals surface area contributed by atoms with Crippen molar-refractivity contribution in [3.05, 3.63) is 18.2 Å². The summed E-state index contributed by atoms with van der Waals surface area (Å²) < 4.78 is 0. The maximum atomic E-state index is 14.1. The predicted octanol–water partition coefficient (Wildman–Crippen LogP) is -12.5. The summed E-state index contributed by atoms with van der Waals surface area (Å²) in [6, 6.07) is -13.7. The molecule has 0 aromatic carbocycles. The van der Waals surface area contributed by atoms with Crippen molar-refractivity contribution in [2.75, 3.05) is 52.4 Å². The Morgan fingerprint density at radius 2 is 0.880 bits per heavy atom. The number of aromatic nitrogens is 2. The Morgan fingerprint density at radius 3 is 1.33 bits per heavy atom. The van der Waals surface area contributed by atoms with Gasteiger partial charge in [0.1, 0.15) is 48.3 Å². The number of hydrogen-bond donors (Lipinski definition) is 24. The molecule has 0 saturated carbocycles. The minimum absolute atomic E-state index is 0.00190. The molecule has 42 nitrogen and oxygen atoms in total. The summed E-state index contributed by atoms with van der Waals surface area (Å²) in [6.45, 7) is -1.25. The lowest BCUT2D eigenvalue weighted by Crippen LogP contribution is -2.58. The Balaban J connectivity index is 3.21. The number of nitrogens with one attached hydrogen (secondary N) is 13. The Kier molecular flexibility index (Phi) is 37.1. The molecule has 0 aliphatic heterocycles. The number of urea groups is 1. The molecule has 33 N–H and O–H groups in total. The molecule has 0 spiro atoms. The summed E-state index contributed by atoms with van der Waals surface area (Å²) in [5, 5.41) is 47.1. The second-order valence-electron chi connectivity index (χ2n) is 20.4. The van der Waals surface area contributed by atoms with E-state index in [0.717, 1.165) is 0 Å². The Hall–Kier alpha value is -10.7. The number of guanidine groups is 3. The third kappa shape index (κ3) is 34.8. The molecule has 92 heavy (non-hydrogen) atoms. The first-order valence-electron chi connectivity index (χ1n) is 28.6. The maximum absolute atomic E-state index is 14.1.